The Morgan fingerprint density at radius 1 is 1.19 bits per heavy atom. The first kappa shape index (κ1) is 15.4. The quantitative estimate of drug-likeness (QED) is 0.786. The molecule has 0 saturated heterocycles. The summed E-state index contributed by atoms with van der Waals surface area (Å²) in [4.78, 5) is 0. The van der Waals surface area contributed by atoms with Crippen molar-refractivity contribution in [3.8, 4) is 18.1 Å². The van der Waals surface area contributed by atoms with Crippen molar-refractivity contribution in [3.63, 3.8) is 0 Å². The van der Waals surface area contributed by atoms with E-state index in [2.05, 4.69) is 27.2 Å². The summed E-state index contributed by atoms with van der Waals surface area (Å²) in [6, 6.07) is 13.5. The van der Waals surface area contributed by atoms with Crippen LogP contribution >= 0.6 is 15.9 Å². The van der Waals surface area contributed by atoms with Gasteiger partial charge in [-0.1, -0.05) is 34.0 Å². The van der Waals surface area contributed by atoms with Crippen LogP contribution in [-0.4, -0.2) is 11.7 Å². The first-order chi connectivity index (χ1) is 10.2. The lowest BCUT2D eigenvalue weighted by atomic mass is 10.2. The average molecular weight is 346 g/mol. The molecule has 3 nitrogen and oxygen atoms in total. The first-order valence-electron chi connectivity index (χ1n) is 6.51. The lowest BCUT2D eigenvalue weighted by Crippen LogP contribution is -2.04. The predicted octanol–water partition coefficient (Wildman–Crippen LogP) is 3.57. The predicted molar refractivity (Wildman–Crippen MR) is 88.2 cm³/mol. The Balaban J connectivity index is 2.07. The normalized spacial score (nSPS) is 9.95. The summed E-state index contributed by atoms with van der Waals surface area (Å²) < 4.78 is 6.53. The molecule has 0 aliphatic heterocycles. The third-order valence-corrected chi connectivity index (χ3v) is 3.45. The van der Waals surface area contributed by atoms with Crippen LogP contribution in [0.2, 0.25) is 0 Å². The molecule has 0 spiro atoms. The van der Waals surface area contributed by atoms with Gasteiger partial charge in [-0.2, -0.15) is 0 Å². The van der Waals surface area contributed by atoms with Gasteiger partial charge in [-0.25, -0.2) is 0 Å². The molecule has 0 bridgehead atoms. The van der Waals surface area contributed by atoms with Gasteiger partial charge < -0.3 is 15.2 Å². The fourth-order valence-corrected chi connectivity index (χ4v) is 2.28. The highest BCUT2D eigenvalue weighted by atomic mass is 79.9. The maximum Gasteiger partial charge on any atom is 0.148 e. The van der Waals surface area contributed by atoms with Gasteiger partial charge in [-0.15, -0.1) is 6.42 Å². The summed E-state index contributed by atoms with van der Waals surface area (Å²) in [6.07, 6.45) is 5.23. The van der Waals surface area contributed by atoms with Crippen LogP contribution in [-0.2, 0) is 13.2 Å². The molecular formula is C17H16BrNO2. The number of aliphatic hydroxyl groups is 1. The van der Waals surface area contributed by atoms with Crippen molar-refractivity contribution in [3.05, 3.63) is 58.1 Å². The molecule has 0 saturated carbocycles. The Morgan fingerprint density at radius 2 is 1.95 bits per heavy atom. The summed E-state index contributed by atoms with van der Waals surface area (Å²) in [5.74, 6) is 3.24. The van der Waals surface area contributed by atoms with E-state index in [-0.39, 0.29) is 13.2 Å². The number of ether oxygens (including phenoxy) is 1. The van der Waals surface area contributed by atoms with Gasteiger partial charge in [-0.05, 0) is 35.9 Å². The number of hydrogen-bond donors (Lipinski definition) is 2. The van der Waals surface area contributed by atoms with Gasteiger partial charge in [0.05, 0.1) is 6.61 Å². The largest absolute Gasteiger partial charge is 0.481 e. The van der Waals surface area contributed by atoms with E-state index in [0.717, 1.165) is 27.0 Å². The topological polar surface area (TPSA) is 41.5 Å². The van der Waals surface area contributed by atoms with E-state index in [1.807, 2.05) is 42.5 Å². The summed E-state index contributed by atoms with van der Waals surface area (Å²) >= 11 is 3.46. The number of aliphatic hydroxyl groups excluding tert-OH is 1. The van der Waals surface area contributed by atoms with Crippen molar-refractivity contribution in [2.75, 3.05) is 11.9 Å². The number of nitrogens with one attached hydrogen (secondary N) is 1. The fraction of sp³-hybridized carbons (Fsp3) is 0.176. The zero-order valence-electron chi connectivity index (χ0n) is 11.5. The molecule has 0 amide bonds. The van der Waals surface area contributed by atoms with Crippen molar-refractivity contribution in [2.24, 2.45) is 0 Å². The highest BCUT2D eigenvalue weighted by molar-refractivity contribution is 9.10. The van der Waals surface area contributed by atoms with Gasteiger partial charge in [0.15, 0.2) is 0 Å². The SMILES string of the molecule is C#CCOc1ccc(Br)cc1CNc1ccc(CO)cc1. The van der Waals surface area contributed by atoms with E-state index in [1.54, 1.807) is 0 Å². The van der Waals surface area contributed by atoms with Gasteiger partial charge in [0.25, 0.3) is 0 Å². The van der Waals surface area contributed by atoms with Crippen LogP contribution < -0.4 is 10.1 Å². The van der Waals surface area contributed by atoms with Crippen molar-refractivity contribution in [2.45, 2.75) is 13.2 Å². The average Bonchev–Trinajstić information content (AvgIpc) is 2.52. The van der Waals surface area contributed by atoms with E-state index in [4.69, 9.17) is 16.3 Å². The van der Waals surface area contributed by atoms with Crippen molar-refractivity contribution < 1.29 is 9.84 Å². The maximum absolute atomic E-state index is 9.03. The fourth-order valence-electron chi connectivity index (χ4n) is 1.87. The Bertz CT molecular complexity index is 632. The number of terminal acetylenes is 1. The minimum atomic E-state index is 0.0516. The van der Waals surface area contributed by atoms with Crippen LogP contribution in [0.5, 0.6) is 5.75 Å². The minimum Gasteiger partial charge on any atom is -0.481 e. The molecule has 2 aromatic carbocycles. The zero-order chi connectivity index (χ0) is 15.1. The maximum atomic E-state index is 9.03. The molecule has 21 heavy (non-hydrogen) atoms. The lowest BCUT2D eigenvalue weighted by Gasteiger charge is -2.12. The molecule has 2 rings (SSSR count). The molecule has 2 N–H and O–H groups in total. The molecule has 2 aromatic rings. The van der Waals surface area contributed by atoms with E-state index in [9.17, 15) is 0 Å². The summed E-state index contributed by atoms with van der Waals surface area (Å²) in [5, 5.41) is 12.3. The standard InChI is InChI=1S/C17H16BrNO2/c1-2-9-21-17-8-5-15(18)10-14(17)11-19-16-6-3-13(12-20)4-7-16/h1,3-8,10,19-20H,9,11-12H2. The number of benzene rings is 2. The summed E-state index contributed by atoms with van der Waals surface area (Å²) in [7, 11) is 0. The van der Waals surface area contributed by atoms with Crippen LogP contribution in [0.3, 0.4) is 0 Å². The number of rotatable bonds is 6. The van der Waals surface area contributed by atoms with Gasteiger partial charge in [0.2, 0.25) is 0 Å². The number of anilines is 1. The number of halogens is 1. The molecule has 0 unspecified atom stereocenters. The Hall–Kier alpha value is -1.96. The van der Waals surface area contributed by atoms with E-state index in [1.165, 1.54) is 0 Å². The van der Waals surface area contributed by atoms with Crippen LogP contribution in [0.4, 0.5) is 5.69 Å². The number of hydrogen-bond acceptors (Lipinski definition) is 3. The van der Waals surface area contributed by atoms with E-state index < -0.39 is 0 Å². The third-order valence-electron chi connectivity index (χ3n) is 2.95. The smallest absolute Gasteiger partial charge is 0.148 e. The van der Waals surface area contributed by atoms with E-state index in [0.29, 0.717) is 6.54 Å². The second-order valence-corrected chi connectivity index (χ2v) is 5.37. The van der Waals surface area contributed by atoms with Gasteiger partial charge in [-0.3, -0.25) is 0 Å². The lowest BCUT2D eigenvalue weighted by molar-refractivity contribution is 0.282. The second-order valence-electron chi connectivity index (χ2n) is 4.45. The Kier molecular flexibility index (Phi) is 5.68. The van der Waals surface area contributed by atoms with Crippen LogP contribution in [0.1, 0.15) is 11.1 Å². The first-order valence-corrected chi connectivity index (χ1v) is 7.30. The molecular weight excluding hydrogens is 330 g/mol. The molecule has 0 fully saturated rings. The van der Waals surface area contributed by atoms with Gasteiger partial charge >= 0.3 is 0 Å². The molecule has 0 aliphatic rings. The molecule has 0 aromatic heterocycles. The summed E-state index contributed by atoms with van der Waals surface area (Å²) in [6.45, 7) is 0.924. The summed E-state index contributed by atoms with van der Waals surface area (Å²) in [5.41, 5.74) is 2.89. The molecule has 4 heteroatoms. The van der Waals surface area contributed by atoms with Crippen molar-refractivity contribution in [1.29, 1.82) is 0 Å². The van der Waals surface area contributed by atoms with Gasteiger partial charge in [0, 0.05) is 22.3 Å². The molecule has 0 radical (unpaired) electrons. The second kappa shape index (κ2) is 7.72. The van der Waals surface area contributed by atoms with Gasteiger partial charge in [0.1, 0.15) is 12.4 Å². The van der Waals surface area contributed by atoms with Crippen molar-refractivity contribution in [1.82, 2.24) is 0 Å². The molecule has 0 aliphatic carbocycles. The monoisotopic (exact) mass is 345 g/mol. The molecule has 108 valence electrons. The highest BCUT2D eigenvalue weighted by Crippen LogP contribution is 2.24. The Morgan fingerprint density at radius 3 is 2.62 bits per heavy atom. The van der Waals surface area contributed by atoms with Crippen molar-refractivity contribution >= 4 is 21.6 Å². The minimum absolute atomic E-state index is 0.0516. The van der Waals surface area contributed by atoms with Crippen LogP contribution in [0.25, 0.3) is 0 Å². The van der Waals surface area contributed by atoms with Crippen LogP contribution in [0.15, 0.2) is 46.9 Å². The molecule has 0 atom stereocenters. The zero-order valence-corrected chi connectivity index (χ0v) is 13.1. The van der Waals surface area contributed by atoms with Crippen LogP contribution in [0, 0.1) is 12.3 Å². The molecule has 0 heterocycles. The highest BCUT2D eigenvalue weighted by Gasteiger charge is 2.04. The third kappa shape index (κ3) is 4.52. The Labute approximate surface area is 133 Å². The van der Waals surface area contributed by atoms with E-state index >= 15 is 0 Å².